The first kappa shape index (κ1) is 20.9. The summed E-state index contributed by atoms with van der Waals surface area (Å²) < 4.78 is 30.8. The third kappa shape index (κ3) is 4.86. The number of carbonyl (C=O) groups is 1. The molecule has 0 spiro atoms. The van der Waals surface area contributed by atoms with E-state index in [9.17, 15) is 13.2 Å². The molecule has 1 unspecified atom stereocenters. The Morgan fingerprint density at radius 1 is 1.23 bits per heavy atom. The van der Waals surface area contributed by atoms with Crippen molar-refractivity contribution in [3.05, 3.63) is 29.8 Å². The van der Waals surface area contributed by atoms with Crippen LogP contribution in [0.1, 0.15) is 53.5 Å². The number of amides is 1. The summed E-state index contributed by atoms with van der Waals surface area (Å²) in [5.74, 6) is -0.317. The van der Waals surface area contributed by atoms with Crippen molar-refractivity contribution in [2.45, 2.75) is 69.9 Å². The zero-order chi connectivity index (χ0) is 19.8. The molecule has 1 aliphatic rings. The molecule has 0 aliphatic carbocycles. The summed E-state index contributed by atoms with van der Waals surface area (Å²) in [7, 11) is -3.49. The van der Waals surface area contributed by atoms with E-state index in [1.165, 1.54) is 0 Å². The largest absolute Gasteiger partial charge is 0.374 e. The molecular weight excluding hydrogens is 350 g/mol. The van der Waals surface area contributed by atoms with Crippen LogP contribution in [0.3, 0.4) is 0 Å². The molecule has 1 fully saturated rings. The molecule has 5 nitrogen and oxygen atoms in total. The van der Waals surface area contributed by atoms with E-state index >= 15 is 0 Å². The Morgan fingerprint density at radius 2 is 1.81 bits per heavy atom. The summed E-state index contributed by atoms with van der Waals surface area (Å²) in [6.07, 6.45) is -0.0482. The lowest BCUT2D eigenvalue weighted by molar-refractivity contribution is -0.152. The second kappa shape index (κ2) is 7.31. The average molecular weight is 382 g/mol. The number of hydrogen-bond donors (Lipinski definition) is 0. The Bertz CT molecular complexity index is 745. The lowest BCUT2D eigenvalue weighted by Crippen LogP contribution is -2.58. The van der Waals surface area contributed by atoms with Crippen molar-refractivity contribution in [3.63, 3.8) is 0 Å². The molecule has 1 atom stereocenters. The molecule has 0 aromatic heterocycles. The fraction of sp³-hybridized carbons (Fsp3) is 0.650. The monoisotopic (exact) mass is 381 g/mol. The maximum Gasteiger partial charge on any atom is 0.224 e. The van der Waals surface area contributed by atoms with Gasteiger partial charge in [-0.25, -0.2) is 8.42 Å². The van der Waals surface area contributed by atoms with Gasteiger partial charge in [0, 0.05) is 13.0 Å². The second-order valence-electron chi connectivity index (χ2n) is 8.78. The molecule has 2 rings (SSSR count). The van der Waals surface area contributed by atoms with Crippen LogP contribution in [0.5, 0.6) is 0 Å². The predicted octanol–water partition coefficient (Wildman–Crippen LogP) is 3.17. The van der Waals surface area contributed by atoms with E-state index in [0.29, 0.717) is 13.2 Å². The number of ether oxygens (including phenoxy) is 1. The smallest absolute Gasteiger partial charge is 0.224 e. The van der Waals surface area contributed by atoms with E-state index in [-0.39, 0.29) is 34.5 Å². The summed E-state index contributed by atoms with van der Waals surface area (Å²) >= 11 is 0. The fourth-order valence-corrected chi connectivity index (χ4v) is 4.29. The molecule has 1 saturated heterocycles. The minimum Gasteiger partial charge on any atom is -0.374 e. The van der Waals surface area contributed by atoms with Crippen LogP contribution in [0.2, 0.25) is 0 Å². The van der Waals surface area contributed by atoms with E-state index in [1.807, 2.05) is 32.9 Å². The maximum atomic E-state index is 12.6. The van der Waals surface area contributed by atoms with Gasteiger partial charge in [-0.3, -0.25) is 4.79 Å². The Kier molecular flexibility index (Phi) is 5.88. The van der Waals surface area contributed by atoms with Crippen molar-refractivity contribution >= 4 is 15.7 Å². The number of morpholine rings is 1. The molecule has 1 aromatic rings. The van der Waals surface area contributed by atoms with Crippen molar-refractivity contribution in [2.75, 3.05) is 18.9 Å². The van der Waals surface area contributed by atoms with Gasteiger partial charge in [-0.2, -0.15) is 0 Å². The SMILES string of the molecule is CC1CN(C(=O)CCS(=O)(=O)c2ccc(C(C)(C)C)cc2)C(C)(C)CO1. The molecule has 146 valence electrons. The first-order valence-electron chi connectivity index (χ1n) is 9.08. The summed E-state index contributed by atoms with van der Waals surface area (Å²) in [5, 5.41) is 0. The molecule has 6 heteroatoms. The molecule has 0 saturated carbocycles. The predicted molar refractivity (Wildman–Crippen MR) is 103 cm³/mol. The van der Waals surface area contributed by atoms with Gasteiger partial charge in [0.1, 0.15) is 0 Å². The molecule has 1 aromatic carbocycles. The Morgan fingerprint density at radius 3 is 2.35 bits per heavy atom. The number of nitrogens with zero attached hydrogens (tertiary/aromatic N) is 1. The second-order valence-corrected chi connectivity index (χ2v) is 10.9. The van der Waals surface area contributed by atoms with Gasteiger partial charge in [0.25, 0.3) is 0 Å². The minimum atomic E-state index is -3.49. The number of sulfone groups is 1. The van der Waals surface area contributed by atoms with Crippen molar-refractivity contribution in [1.82, 2.24) is 4.90 Å². The van der Waals surface area contributed by atoms with Crippen LogP contribution in [-0.2, 0) is 24.8 Å². The van der Waals surface area contributed by atoms with Crippen molar-refractivity contribution < 1.29 is 17.9 Å². The number of hydrogen-bond acceptors (Lipinski definition) is 4. The topological polar surface area (TPSA) is 63.7 Å². The van der Waals surface area contributed by atoms with Crippen LogP contribution < -0.4 is 0 Å². The Balaban J connectivity index is 2.06. The van der Waals surface area contributed by atoms with Gasteiger partial charge in [0.2, 0.25) is 5.91 Å². The molecular formula is C20H31NO4S. The van der Waals surface area contributed by atoms with Crippen LogP contribution in [0, 0.1) is 0 Å². The number of benzene rings is 1. The molecule has 1 amide bonds. The van der Waals surface area contributed by atoms with Crippen LogP contribution in [0.15, 0.2) is 29.2 Å². The minimum absolute atomic E-state index is 0.0144. The zero-order valence-electron chi connectivity index (χ0n) is 16.7. The van der Waals surface area contributed by atoms with E-state index in [4.69, 9.17) is 4.74 Å². The highest BCUT2D eigenvalue weighted by molar-refractivity contribution is 7.91. The van der Waals surface area contributed by atoms with E-state index in [2.05, 4.69) is 20.8 Å². The Labute approximate surface area is 157 Å². The molecule has 26 heavy (non-hydrogen) atoms. The standard InChI is InChI=1S/C20H31NO4S/c1-15-13-21(20(5,6)14-25-15)18(22)11-12-26(23,24)17-9-7-16(8-10-17)19(2,3)4/h7-10,15H,11-14H2,1-6H3. The Hall–Kier alpha value is -1.40. The third-order valence-corrected chi connectivity index (χ3v) is 6.59. The fourth-order valence-electron chi connectivity index (χ4n) is 3.06. The maximum absolute atomic E-state index is 12.6. The van der Waals surface area contributed by atoms with Gasteiger partial charge < -0.3 is 9.64 Å². The summed E-state index contributed by atoms with van der Waals surface area (Å²) in [6.45, 7) is 13.0. The molecule has 1 aliphatic heterocycles. The average Bonchev–Trinajstić information content (AvgIpc) is 2.54. The normalized spacial score (nSPS) is 20.8. The quantitative estimate of drug-likeness (QED) is 0.804. The highest BCUT2D eigenvalue weighted by Gasteiger charge is 2.36. The first-order chi connectivity index (χ1) is 11.8. The molecule has 0 N–H and O–H groups in total. The van der Waals surface area contributed by atoms with E-state index in [1.54, 1.807) is 17.0 Å². The summed E-state index contributed by atoms with van der Waals surface area (Å²) in [4.78, 5) is 14.6. The van der Waals surface area contributed by atoms with Gasteiger partial charge in [0.15, 0.2) is 9.84 Å². The van der Waals surface area contributed by atoms with Gasteiger partial charge >= 0.3 is 0 Å². The van der Waals surface area contributed by atoms with E-state index in [0.717, 1.165) is 5.56 Å². The van der Waals surface area contributed by atoms with Gasteiger partial charge in [-0.15, -0.1) is 0 Å². The molecule has 0 bridgehead atoms. The van der Waals surface area contributed by atoms with Crippen molar-refractivity contribution in [1.29, 1.82) is 0 Å². The molecule has 0 radical (unpaired) electrons. The lowest BCUT2D eigenvalue weighted by Gasteiger charge is -2.44. The van der Waals surface area contributed by atoms with Crippen LogP contribution in [-0.4, -0.2) is 49.8 Å². The zero-order valence-corrected chi connectivity index (χ0v) is 17.5. The van der Waals surface area contributed by atoms with Crippen LogP contribution >= 0.6 is 0 Å². The van der Waals surface area contributed by atoms with Crippen molar-refractivity contribution in [2.24, 2.45) is 0 Å². The van der Waals surface area contributed by atoms with E-state index < -0.39 is 15.4 Å². The number of rotatable bonds is 4. The first-order valence-corrected chi connectivity index (χ1v) is 10.7. The van der Waals surface area contributed by atoms with Crippen molar-refractivity contribution in [3.8, 4) is 0 Å². The number of carbonyl (C=O) groups excluding carboxylic acids is 1. The summed E-state index contributed by atoms with van der Waals surface area (Å²) in [5.41, 5.74) is 0.634. The molecule has 1 heterocycles. The van der Waals surface area contributed by atoms with Gasteiger partial charge in [-0.05, 0) is 43.9 Å². The lowest BCUT2D eigenvalue weighted by atomic mass is 9.87. The van der Waals surface area contributed by atoms with Gasteiger partial charge in [0.05, 0.1) is 28.9 Å². The van der Waals surface area contributed by atoms with Crippen LogP contribution in [0.25, 0.3) is 0 Å². The third-order valence-electron chi connectivity index (χ3n) is 4.86. The summed E-state index contributed by atoms with van der Waals surface area (Å²) in [6, 6.07) is 6.98. The highest BCUT2D eigenvalue weighted by atomic mass is 32.2. The highest BCUT2D eigenvalue weighted by Crippen LogP contribution is 2.25. The van der Waals surface area contributed by atoms with Crippen LogP contribution in [0.4, 0.5) is 0 Å². The van der Waals surface area contributed by atoms with Gasteiger partial charge in [-0.1, -0.05) is 32.9 Å².